The third-order valence-electron chi connectivity index (χ3n) is 13.7. The third kappa shape index (κ3) is 17.8. The number of aromatic nitrogens is 1. The van der Waals surface area contributed by atoms with Crippen LogP contribution in [0.5, 0.6) is 0 Å². The van der Waals surface area contributed by atoms with Crippen LogP contribution < -0.4 is 54.4 Å². The molecule has 1 aromatic heterocycles. The topological polar surface area (TPSA) is 335 Å². The molecule has 3 unspecified atom stereocenters. The number of carbonyl (C=O) groups excluding carboxylic acids is 8. The zero-order valence-corrected chi connectivity index (χ0v) is 46.9. The van der Waals surface area contributed by atoms with Crippen LogP contribution in [0.15, 0.2) is 128 Å². The first-order valence-corrected chi connectivity index (χ1v) is 29.4. The van der Waals surface area contributed by atoms with Gasteiger partial charge in [0.15, 0.2) is 0 Å². The Labute approximate surface area is 481 Å². The number of carbonyl (C=O) groups is 8. The number of fused-ring (bicyclic) bond motifs is 2. The number of hydrogen-bond acceptors (Lipinski definition) is 13. The Balaban J connectivity index is 1.24. The zero-order chi connectivity index (χ0) is 58.0. The number of aromatic amines is 1. The normalized spacial score (nSPS) is 21.0. The van der Waals surface area contributed by atoms with E-state index in [1.807, 2.05) is 60.7 Å². The number of aliphatic hydroxyl groups excluding tert-OH is 1. The zero-order valence-electron chi connectivity index (χ0n) is 44.5. The van der Waals surface area contributed by atoms with Gasteiger partial charge in [-0.2, -0.15) is 0 Å². The van der Waals surface area contributed by atoms with Gasteiger partial charge in [-0.25, -0.2) is 0 Å². The molecule has 1 fully saturated rings. The maximum Gasteiger partial charge on any atom is 0.245 e. The fraction of sp³-hybridized carbons (Fsp3) is 0.345. The number of unbranched alkanes of at least 4 members (excludes halogenated alkanes) is 1. The molecule has 0 bridgehead atoms. The van der Waals surface area contributed by atoms with Crippen molar-refractivity contribution in [2.24, 2.45) is 17.2 Å². The predicted octanol–water partition coefficient (Wildman–Crippen LogP) is 2.36. The molecule has 5 aromatic carbocycles. The first-order valence-electron chi connectivity index (χ1n) is 26.6. The van der Waals surface area contributed by atoms with Crippen LogP contribution in [0.2, 0.25) is 5.02 Å². The smallest absolute Gasteiger partial charge is 0.245 e. The van der Waals surface area contributed by atoms with Crippen LogP contribution in [-0.4, -0.2) is 130 Å². The fourth-order valence-electron chi connectivity index (χ4n) is 9.23. The Kier molecular flexibility index (Phi) is 22.5. The Hall–Kier alpha value is -7.47. The number of aliphatic hydroxyl groups is 1. The molecule has 1 saturated heterocycles. The molecule has 1 aliphatic heterocycles. The summed E-state index contributed by atoms with van der Waals surface area (Å²) in [7, 11) is 2.05. The molecule has 7 rings (SSSR count). The monoisotopic (exact) mass is 1160 g/mol. The number of hydrogen-bond donors (Lipinski definition) is 12. The number of primary amides is 1. The van der Waals surface area contributed by atoms with Crippen LogP contribution in [0, 0.1) is 0 Å². The highest BCUT2D eigenvalue weighted by atomic mass is 35.5. The van der Waals surface area contributed by atoms with E-state index in [0.29, 0.717) is 40.1 Å². The molecule has 0 saturated carbocycles. The average molecular weight is 1160 g/mol. The molecule has 428 valence electrons. The Morgan fingerprint density at radius 2 is 1.31 bits per heavy atom. The number of benzene rings is 5. The van der Waals surface area contributed by atoms with Crippen molar-refractivity contribution in [3.63, 3.8) is 0 Å². The molecule has 2 heterocycles. The molecule has 15 N–H and O–H groups in total. The number of amides is 8. The summed E-state index contributed by atoms with van der Waals surface area (Å²) >= 11 is 6.10. The minimum atomic E-state index is -1.70. The second kappa shape index (κ2) is 29.8. The predicted molar refractivity (Wildman–Crippen MR) is 315 cm³/mol. The van der Waals surface area contributed by atoms with Crippen molar-refractivity contribution in [1.82, 2.24) is 42.2 Å². The Morgan fingerprint density at radius 1 is 0.679 bits per heavy atom. The average Bonchev–Trinajstić information content (AvgIpc) is 3.91. The molecule has 20 nitrogen and oxygen atoms in total. The highest BCUT2D eigenvalue weighted by Gasteiger charge is 2.37. The van der Waals surface area contributed by atoms with Gasteiger partial charge in [-0.15, -0.1) is 0 Å². The summed E-state index contributed by atoms with van der Waals surface area (Å²) in [6, 6.07) is 25.0. The minimum absolute atomic E-state index is 0.0132. The van der Waals surface area contributed by atoms with E-state index >= 15 is 0 Å². The first kappa shape index (κ1) is 61.2. The molecular formula is C58H68ClN11O9S2. The Morgan fingerprint density at radius 3 is 2.02 bits per heavy atom. The summed E-state index contributed by atoms with van der Waals surface area (Å²) in [5.41, 5.74) is 21.6. The number of H-pyrrole nitrogens is 1. The highest BCUT2D eigenvalue weighted by molar-refractivity contribution is 8.76. The van der Waals surface area contributed by atoms with Gasteiger partial charge in [0, 0.05) is 52.9 Å². The summed E-state index contributed by atoms with van der Waals surface area (Å²) in [6.45, 7) is 1.52. The lowest BCUT2D eigenvalue weighted by atomic mass is 10.0. The summed E-state index contributed by atoms with van der Waals surface area (Å²) in [5.74, 6) is -7.07. The van der Waals surface area contributed by atoms with E-state index in [4.69, 9.17) is 28.8 Å². The van der Waals surface area contributed by atoms with Gasteiger partial charge < -0.3 is 64.5 Å². The number of para-hydroxylation sites is 1. The lowest BCUT2D eigenvalue weighted by Crippen LogP contribution is -2.62. The van der Waals surface area contributed by atoms with Gasteiger partial charge in [-0.3, -0.25) is 38.4 Å². The maximum atomic E-state index is 14.9. The van der Waals surface area contributed by atoms with Gasteiger partial charge in [-0.05, 0) is 90.4 Å². The molecule has 8 amide bonds. The lowest BCUT2D eigenvalue weighted by molar-refractivity contribution is -0.136. The van der Waals surface area contributed by atoms with Crippen molar-refractivity contribution in [2.45, 2.75) is 106 Å². The van der Waals surface area contributed by atoms with E-state index in [1.165, 1.54) is 6.92 Å². The van der Waals surface area contributed by atoms with E-state index in [9.17, 15) is 43.5 Å². The van der Waals surface area contributed by atoms with Crippen LogP contribution in [-0.2, 0) is 64.0 Å². The quantitative estimate of drug-likeness (QED) is 0.0435. The van der Waals surface area contributed by atoms with Crippen molar-refractivity contribution >= 4 is 102 Å². The van der Waals surface area contributed by atoms with Gasteiger partial charge >= 0.3 is 0 Å². The fourth-order valence-corrected chi connectivity index (χ4v) is 11.7. The van der Waals surface area contributed by atoms with Crippen molar-refractivity contribution in [1.29, 1.82) is 0 Å². The van der Waals surface area contributed by atoms with Gasteiger partial charge in [-0.1, -0.05) is 136 Å². The van der Waals surface area contributed by atoms with Gasteiger partial charge in [0.2, 0.25) is 47.3 Å². The van der Waals surface area contributed by atoms with Gasteiger partial charge in [0.1, 0.15) is 42.3 Å². The molecule has 0 radical (unpaired) electrons. The van der Waals surface area contributed by atoms with Crippen molar-refractivity contribution in [3.8, 4) is 0 Å². The van der Waals surface area contributed by atoms with Crippen LogP contribution in [0.1, 0.15) is 48.4 Å². The molecule has 0 spiro atoms. The maximum absolute atomic E-state index is 14.9. The largest absolute Gasteiger partial charge is 0.391 e. The summed E-state index contributed by atoms with van der Waals surface area (Å²) in [5, 5.41) is 33.3. The van der Waals surface area contributed by atoms with Crippen LogP contribution in [0.3, 0.4) is 0 Å². The summed E-state index contributed by atoms with van der Waals surface area (Å²) in [6.07, 6.45) is 0.853. The van der Waals surface area contributed by atoms with Crippen LogP contribution in [0.25, 0.3) is 21.7 Å². The SMILES string of the molecule is C[C@@H](O)[C@@H]1NC(=O)[C@H](CCCCN)NC(=O)C(Cc2c[nH]c3ccccc23)NC(=O)[C@H](Cc2ccccc2)NC(=O)C(NC(=O)[C@@H](N)Cc2ccc(Cl)cc2)CSSCC(C(=O)N[C@@H](Cc2ccc3ccccc3c2)C(N)=O)NC1=O. The van der Waals surface area contributed by atoms with E-state index in [1.54, 1.807) is 66.9 Å². The number of rotatable bonds is 18. The van der Waals surface area contributed by atoms with E-state index in [-0.39, 0.29) is 50.2 Å². The van der Waals surface area contributed by atoms with Crippen LogP contribution in [0.4, 0.5) is 0 Å². The van der Waals surface area contributed by atoms with Crippen molar-refractivity contribution < 1.29 is 43.5 Å². The van der Waals surface area contributed by atoms with E-state index < -0.39 is 102 Å². The number of nitrogens with one attached hydrogen (secondary N) is 8. The van der Waals surface area contributed by atoms with E-state index in [2.05, 4.69) is 42.2 Å². The standard InChI is InChI=1S/C58H68ClN11O9S2/c1-33(71)50-58(79)69-49(56(77)65-45(51(62)72)28-36-18-21-37-13-5-6-14-38(37)25-36)32-81-80-31-48(68-52(73)42(61)26-35-19-22-40(59)23-20-35)57(78)66-46(27-34-11-3-2-4-12-34)54(75)67-47(29-39-30-63-43-16-8-7-15-41(39)43)55(76)64-44(53(74)70-50)17-9-10-24-60/h2-8,11-16,18-23,25,30,33,42,44-50,63,71H,9-10,17,24,26-29,31-32,60-61H2,1H3,(H2,62,72)(H,64,76)(H,65,77)(H,66,78)(H,67,75)(H,68,73)(H,69,79)(H,70,74)/t33-,42+,44+,45+,46+,47?,48?,49?,50+/m1/s1. The second-order valence-electron chi connectivity index (χ2n) is 19.9. The second-order valence-corrected chi connectivity index (χ2v) is 22.9. The summed E-state index contributed by atoms with van der Waals surface area (Å²) < 4.78 is 0. The first-order chi connectivity index (χ1) is 39.0. The molecule has 9 atom stereocenters. The molecule has 23 heteroatoms. The van der Waals surface area contributed by atoms with Gasteiger partial charge in [0.05, 0.1) is 12.1 Å². The molecule has 1 aliphatic rings. The third-order valence-corrected chi connectivity index (χ3v) is 16.4. The van der Waals surface area contributed by atoms with Gasteiger partial charge in [0.25, 0.3) is 0 Å². The molecule has 81 heavy (non-hydrogen) atoms. The molecular weight excluding hydrogens is 1090 g/mol. The minimum Gasteiger partial charge on any atom is -0.391 e. The summed E-state index contributed by atoms with van der Waals surface area (Å²) in [4.78, 5) is 118. The Bertz CT molecular complexity index is 3170. The van der Waals surface area contributed by atoms with Crippen LogP contribution >= 0.6 is 33.2 Å². The molecule has 0 aliphatic carbocycles. The number of nitrogens with two attached hydrogens (primary N) is 3. The molecule has 6 aromatic rings. The number of halogens is 1. The highest BCUT2D eigenvalue weighted by Crippen LogP contribution is 2.25. The van der Waals surface area contributed by atoms with E-state index in [0.717, 1.165) is 43.3 Å². The van der Waals surface area contributed by atoms with Crippen molar-refractivity contribution in [2.75, 3.05) is 18.1 Å². The van der Waals surface area contributed by atoms with Crippen molar-refractivity contribution in [3.05, 3.63) is 155 Å². The lowest BCUT2D eigenvalue weighted by Gasteiger charge is -2.29.